The molecule has 2 rings (SSSR count). The molecule has 0 fully saturated rings. The van der Waals surface area contributed by atoms with Crippen molar-refractivity contribution in [2.75, 3.05) is 13.1 Å². The van der Waals surface area contributed by atoms with Crippen LogP contribution in [0.15, 0.2) is 24.4 Å². The molecule has 6 heteroatoms. The van der Waals surface area contributed by atoms with Gasteiger partial charge in [-0.15, -0.1) is 0 Å². The maximum Gasteiger partial charge on any atom is 0.251 e. The molecule has 1 aromatic carbocycles. The Hall–Kier alpha value is -2.37. The smallest absolute Gasteiger partial charge is 0.251 e. The fourth-order valence-electron chi connectivity index (χ4n) is 1.82. The summed E-state index contributed by atoms with van der Waals surface area (Å²) in [6.45, 7) is 2.99. The number of hydrogen-bond donors (Lipinski definition) is 3. The summed E-state index contributed by atoms with van der Waals surface area (Å²) in [6.07, 6.45) is 2.90. The maximum atomic E-state index is 11.9. The standard InChI is InChI=1S/C14H18N4O2/c1-2-6-15-13(19)5-7-16-14(20)10-3-4-11-9-17-18-12(11)8-10/h3-4,8-9H,2,5-7H2,1H3,(H,15,19)(H,16,20)(H,17,18). The molecule has 2 aromatic rings. The minimum Gasteiger partial charge on any atom is -0.356 e. The highest BCUT2D eigenvalue weighted by atomic mass is 16.2. The molecule has 1 aromatic heterocycles. The Kier molecular flexibility index (Phi) is 4.70. The summed E-state index contributed by atoms with van der Waals surface area (Å²) in [5.41, 5.74) is 1.37. The Balaban J connectivity index is 1.84. The van der Waals surface area contributed by atoms with Crippen molar-refractivity contribution in [2.24, 2.45) is 0 Å². The number of H-pyrrole nitrogens is 1. The van der Waals surface area contributed by atoms with Crippen molar-refractivity contribution in [3.8, 4) is 0 Å². The van der Waals surface area contributed by atoms with Crippen molar-refractivity contribution >= 4 is 22.7 Å². The molecule has 6 nitrogen and oxygen atoms in total. The molecule has 0 saturated carbocycles. The molecule has 0 radical (unpaired) electrons. The van der Waals surface area contributed by atoms with E-state index in [1.807, 2.05) is 13.0 Å². The number of benzene rings is 1. The summed E-state index contributed by atoms with van der Waals surface area (Å²) in [6, 6.07) is 5.32. The van der Waals surface area contributed by atoms with Gasteiger partial charge in [-0.3, -0.25) is 14.7 Å². The topological polar surface area (TPSA) is 86.9 Å². The van der Waals surface area contributed by atoms with Crippen LogP contribution in [-0.4, -0.2) is 35.1 Å². The van der Waals surface area contributed by atoms with Gasteiger partial charge in [0.25, 0.3) is 5.91 Å². The lowest BCUT2D eigenvalue weighted by atomic mass is 10.1. The first-order valence-corrected chi connectivity index (χ1v) is 6.68. The normalized spacial score (nSPS) is 10.4. The van der Waals surface area contributed by atoms with Crippen molar-refractivity contribution in [3.05, 3.63) is 30.0 Å². The van der Waals surface area contributed by atoms with E-state index in [0.717, 1.165) is 17.3 Å². The van der Waals surface area contributed by atoms with Gasteiger partial charge in [0.15, 0.2) is 0 Å². The first-order chi connectivity index (χ1) is 9.70. The van der Waals surface area contributed by atoms with E-state index in [9.17, 15) is 9.59 Å². The lowest BCUT2D eigenvalue weighted by Gasteiger charge is -2.06. The molecule has 3 N–H and O–H groups in total. The van der Waals surface area contributed by atoms with Gasteiger partial charge in [-0.2, -0.15) is 5.10 Å². The Morgan fingerprint density at radius 1 is 1.25 bits per heavy atom. The molecule has 0 aliphatic heterocycles. The highest BCUT2D eigenvalue weighted by molar-refractivity contribution is 5.97. The molecule has 0 atom stereocenters. The zero-order valence-electron chi connectivity index (χ0n) is 11.4. The van der Waals surface area contributed by atoms with Crippen molar-refractivity contribution in [3.63, 3.8) is 0 Å². The van der Waals surface area contributed by atoms with E-state index in [1.165, 1.54) is 0 Å². The highest BCUT2D eigenvalue weighted by Gasteiger charge is 2.07. The van der Waals surface area contributed by atoms with Gasteiger partial charge in [0, 0.05) is 30.5 Å². The molecule has 1 heterocycles. The van der Waals surface area contributed by atoms with Gasteiger partial charge in [-0.25, -0.2) is 0 Å². The van der Waals surface area contributed by atoms with E-state index in [-0.39, 0.29) is 18.2 Å². The predicted molar refractivity (Wildman–Crippen MR) is 76.3 cm³/mol. The fourth-order valence-corrected chi connectivity index (χ4v) is 1.82. The number of fused-ring (bicyclic) bond motifs is 1. The Labute approximate surface area is 116 Å². The zero-order valence-corrected chi connectivity index (χ0v) is 11.4. The van der Waals surface area contributed by atoms with E-state index in [2.05, 4.69) is 20.8 Å². The molecule has 2 amide bonds. The van der Waals surface area contributed by atoms with Crippen LogP contribution >= 0.6 is 0 Å². The van der Waals surface area contributed by atoms with E-state index >= 15 is 0 Å². The van der Waals surface area contributed by atoms with Gasteiger partial charge in [-0.05, 0) is 18.6 Å². The van der Waals surface area contributed by atoms with Crippen molar-refractivity contribution in [1.29, 1.82) is 0 Å². The molecular formula is C14H18N4O2. The van der Waals surface area contributed by atoms with Crippen LogP contribution < -0.4 is 10.6 Å². The molecule has 0 saturated heterocycles. The quantitative estimate of drug-likeness (QED) is 0.740. The number of carbonyl (C=O) groups is 2. The summed E-state index contributed by atoms with van der Waals surface area (Å²) in [5.74, 6) is -0.235. The van der Waals surface area contributed by atoms with Crippen LogP contribution in [0.4, 0.5) is 0 Å². The summed E-state index contributed by atoms with van der Waals surface area (Å²) in [4.78, 5) is 23.3. The van der Waals surface area contributed by atoms with Crippen LogP contribution in [-0.2, 0) is 4.79 Å². The van der Waals surface area contributed by atoms with Crippen molar-refractivity contribution < 1.29 is 9.59 Å². The van der Waals surface area contributed by atoms with Crippen molar-refractivity contribution in [2.45, 2.75) is 19.8 Å². The fraction of sp³-hybridized carbons (Fsp3) is 0.357. The second kappa shape index (κ2) is 6.70. The third-order valence-corrected chi connectivity index (χ3v) is 2.91. The second-order valence-electron chi connectivity index (χ2n) is 4.53. The molecule has 0 unspecified atom stereocenters. The minimum atomic E-state index is -0.190. The van der Waals surface area contributed by atoms with Gasteiger partial charge in [0.05, 0.1) is 11.7 Å². The molecule has 106 valence electrons. The number of hydrogen-bond acceptors (Lipinski definition) is 3. The van der Waals surface area contributed by atoms with E-state index in [0.29, 0.717) is 18.7 Å². The van der Waals surface area contributed by atoms with E-state index in [4.69, 9.17) is 0 Å². The van der Waals surface area contributed by atoms with E-state index in [1.54, 1.807) is 18.3 Å². The molecule has 0 bridgehead atoms. The Bertz CT molecular complexity index is 606. The number of carbonyl (C=O) groups excluding carboxylic acids is 2. The first-order valence-electron chi connectivity index (χ1n) is 6.68. The van der Waals surface area contributed by atoms with Gasteiger partial charge in [0.2, 0.25) is 5.91 Å². The average molecular weight is 274 g/mol. The van der Waals surface area contributed by atoms with Gasteiger partial charge in [-0.1, -0.05) is 13.0 Å². The molecule has 20 heavy (non-hydrogen) atoms. The molecular weight excluding hydrogens is 256 g/mol. The highest BCUT2D eigenvalue weighted by Crippen LogP contribution is 2.12. The van der Waals surface area contributed by atoms with Crippen LogP contribution in [0, 0.1) is 0 Å². The van der Waals surface area contributed by atoms with Crippen LogP contribution in [0.25, 0.3) is 10.9 Å². The number of aromatic nitrogens is 2. The number of aromatic amines is 1. The van der Waals surface area contributed by atoms with Gasteiger partial charge >= 0.3 is 0 Å². The molecule has 0 aliphatic rings. The van der Waals surface area contributed by atoms with Gasteiger partial charge in [0.1, 0.15) is 0 Å². The zero-order chi connectivity index (χ0) is 14.4. The van der Waals surface area contributed by atoms with E-state index < -0.39 is 0 Å². The number of amides is 2. The predicted octanol–water partition coefficient (Wildman–Crippen LogP) is 1.21. The Morgan fingerprint density at radius 3 is 2.90 bits per heavy atom. The lowest BCUT2D eigenvalue weighted by Crippen LogP contribution is -2.31. The minimum absolute atomic E-state index is 0.0452. The summed E-state index contributed by atoms with van der Waals surface area (Å²) in [7, 11) is 0. The number of nitrogens with one attached hydrogen (secondary N) is 3. The van der Waals surface area contributed by atoms with Crippen molar-refractivity contribution in [1.82, 2.24) is 20.8 Å². The second-order valence-corrected chi connectivity index (χ2v) is 4.53. The van der Waals surface area contributed by atoms with Gasteiger partial charge < -0.3 is 10.6 Å². The maximum absolute atomic E-state index is 11.9. The van der Waals surface area contributed by atoms with Crippen LogP contribution in [0.5, 0.6) is 0 Å². The van der Waals surface area contributed by atoms with Crippen LogP contribution in [0.2, 0.25) is 0 Å². The lowest BCUT2D eigenvalue weighted by molar-refractivity contribution is -0.120. The third kappa shape index (κ3) is 3.57. The molecule has 0 spiro atoms. The first kappa shape index (κ1) is 14.0. The number of rotatable bonds is 6. The summed E-state index contributed by atoms with van der Waals surface area (Å²) in [5, 5.41) is 13.2. The number of nitrogens with zero attached hydrogens (tertiary/aromatic N) is 1. The SMILES string of the molecule is CCCNC(=O)CCNC(=O)c1ccc2cn[nH]c2c1. The monoisotopic (exact) mass is 274 g/mol. The summed E-state index contributed by atoms with van der Waals surface area (Å²) < 4.78 is 0. The molecule has 0 aliphatic carbocycles. The van der Waals surface area contributed by atoms with Crippen LogP contribution in [0.3, 0.4) is 0 Å². The largest absolute Gasteiger partial charge is 0.356 e. The third-order valence-electron chi connectivity index (χ3n) is 2.91. The average Bonchev–Trinajstić information content (AvgIpc) is 2.92. The van der Waals surface area contributed by atoms with Crippen LogP contribution in [0.1, 0.15) is 30.1 Å². The Morgan fingerprint density at radius 2 is 2.10 bits per heavy atom. The summed E-state index contributed by atoms with van der Waals surface area (Å²) >= 11 is 0.